The van der Waals surface area contributed by atoms with Gasteiger partial charge >= 0.3 is 0 Å². The van der Waals surface area contributed by atoms with E-state index in [-0.39, 0.29) is 11.9 Å². The van der Waals surface area contributed by atoms with Crippen molar-refractivity contribution in [1.82, 2.24) is 20.4 Å². The van der Waals surface area contributed by atoms with Crippen LogP contribution in [0.5, 0.6) is 0 Å². The molecule has 5 nitrogen and oxygen atoms in total. The number of nitrogens with one attached hydrogen (secondary N) is 2. The van der Waals surface area contributed by atoms with E-state index in [1.165, 1.54) is 11.1 Å². The lowest BCUT2D eigenvalue weighted by molar-refractivity contribution is -0.122. The van der Waals surface area contributed by atoms with Gasteiger partial charge in [0.05, 0.1) is 17.9 Å². The van der Waals surface area contributed by atoms with Crippen LogP contribution in [0.15, 0.2) is 67.0 Å². The number of hydrogen-bond donors (Lipinski definition) is 2. The van der Waals surface area contributed by atoms with E-state index in [1.807, 2.05) is 41.2 Å². The highest BCUT2D eigenvalue weighted by atomic mass is 16.2. The molecule has 2 heterocycles. The third kappa shape index (κ3) is 4.67. The molecule has 4 rings (SSSR count). The highest BCUT2D eigenvalue weighted by molar-refractivity contribution is 5.81. The summed E-state index contributed by atoms with van der Waals surface area (Å²) < 4.78 is 1.91. The van der Waals surface area contributed by atoms with E-state index >= 15 is 0 Å². The fraction of sp³-hybridized carbons (Fsp3) is 0.304. The van der Waals surface area contributed by atoms with Crippen LogP contribution in [0.1, 0.15) is 29.5 Å². The van der Waals surface area contributed by atoms with E-state index in [9.17, 15) is 4.79 Å². The number of carbonyl (C=O) groups excluding carboxylic acids is 1. The van der Waals surface area contributed by atoms with Crippen molar-refractivity contribution in [1.29, 1.82) is 0 Å². The molecule has 1 atom stereocenters. The van der Waals surface area contributed by atoms with E-state index in [1.54, 1.807) is 0 Å². The number of benzene rings is 2. The summed E-state index contributed by atoms with van der Waals surface area (Å²) >= 11 is 0. The van der Waals surface area contributed by atoms with Crippen LogP contribution in [-0.2, 0) is 24.2 Å². The van der Waals surface area contributed by atoms with E-state index < -0.39 is 0 Å². The molecule has 1 saturated heterocycles. The molecule has 0 aliphatic carbocycles. The molecule has 2 N–H and O–H groups in total. The van der Waals surface area contributed by atoms with Gasteiger partial charge < -0.3 is 10.6 Å². The van der Waals surface area contributed by atoms with Gasteiger partial charge in [0.25, 0.3) is 0 Å². The van der Waals surface area contributed by atoms with Gasteiger partial charge in [0, 0.05) is 12.7 Å². The Morgan fingerprint density at radius 3 is 2.57 bits per heavy atom. The summed E-state index contributed by atoms with van der Waals surface area (Å²) in [5.74, 6) is 0.0942. The van der Waals surface area contributed by atoms with Crippen molar-refractivity contribution >= 4 is 5.91 Å². The Kier molecular flexibility index (Phi) is 5.83. The number of rotatable bonds is 7. The molecule has 0 saturated carbocycles. The first-order valence-corrected chi connectivity index (χ1v) is 9.96. The molecule has 5 heteroatoms. The Bertz CT molecular complexity index is 896. The summed E-state index contributed by atoms with van der Waals surface area (Å²) in [6, 6.07) is 18.7. The van der Waals surface area contributed by atoms with Gasteiger partial charge in [-0.15, -0.1) is 0 Å². The van der Waals surface area contributed by atoms with Crippen LogP contribution in [0.25, 0.3) is 5.69 Å². The van der Waals surface area contributed by atoms with Gasteiger partial charge in [-0.05, 0) is 61.1 Å². The minimum Gasteiger partial charge on any atom is -0.351 e. The number of aryl methyl sites for hydroxylation is 2. The van der Waals surface area contributed by atoms with Crippen molar-refractivity contribution in [2.24, 2.45) is 0 Å². The predicted octanol–water partition coefficient (Wildman–Crippen LogP) is 3.03. The first-order chi connectivity index (χ1) is 13.8. The van der Waals surface area contributed by atoms with Gasteiger partial charge in [0.1, 0.15) is 0 Å². The zero-order valence-electron chi connectivity index (χ0n) is 16.0. The topological polar surface area (TPSA) is 59.0 Å². The molecule has 2 aromatic carbocycles. The Balaban J connectivity index is 1.31. The average Bonchev–Trinajstić information content (AvgIpc) is 3.44. The van der Waals surface area contributed by atoms with Gasteiger partial charge in [0.2, 0.25) is 5.91 Å². The van der Waals surface area contributed by atoms with Crippen LogP contribution < -0.4 is 10.6 Å². The first-order valence-electron chi connectivity index (χ1n) is 9.96. The Hall–Kier alpha value is -2.92. The van der Waals surface area contributed by atoms with E-state index in [0.717, 1.165) is 43.5 Å². The summed E-state index contributed by atoms with van der Waals surface area (Å²) in [6.07, 6.45) is 8.02. The van der Waals surface area contributed by atoms with Crippen LogP contribution in [0, 0.1) is 0 Å². The highest BCUT2D eigenvalue weighted by Crippen LogP contribution is 2.13. The molecule has 1 fully saturated rings. The molecule has 1 unspecified atom stereocenters. The largest absolute Gasteiger partial charge is 0.351 e. The lowest BCUT2D eigenvalue weighted by Gasteiger charge is -2.11. The van der Waals surface area contributed by atoms with Crippen molar-refractivity contribution in [3.05, 3.63) is 83.7 Å². The SMILES string of the molecule is O=C(NCc1ccc(-n2cc(CCc3ccccc3)cn2)cc1)C1CCCN1. The molecule has 28 heavy (non-hydrogen) atoms. The molecular weight excluding hydrogens is 348 g/mol. The molecule has 1 aliphatic heterocycles. The van der Waals surface area contributed by atoms with Crippen LogP contribution in [0.4, 0.5) is 0 Å². The van der Waals surface area contributed by atoms with Gasteiger partial charge in [-0.1, -0.05) is 42.5 Å². The van der Waals surface area contributed by atoms with Gasteiger partial charge in [-0.25, -0.2) is 4.68 Å². The number of nitrogens with zero attached hydrogens (tertiary/aromatic N) is 2. The normalized spacial score (nSPS) is 16.2. The summed E-state index contributed by atoms with van der Waals surface area (Å²) in [7, 11) is 0. The summed E-state index contributed by atoms with van der Waals surface area (Å²) in [6.45, 7) is 1.49. The summed E-state index contributed by atoms with van der Waals surface area (Å²) in [5.41, 5.74) is 4.68. The highest BCUT2D eigenvalue weighted by Gasteiger charge is 2.21. The zero-order chi connectivity index (χ0) is 19.2. The number of aromatic nitrogens is 2. The first kappa shape index (κ1) is 18.4. The molecule has 1 amide bonds. The lowest BCUT2D eigenvalue weighted by Crippen LogP contribution is -2.39. The number of hydrogen-bond acceptors (Lipinski definition) is 3. The molecule has 0 bridgehead atoms. The maximum absolute atomic E-state index is 12.1. The molecule has 0 radical (unpaired) electrons. The quantitative estimate of drug-likeness (QED) is 0.668. The number of amides is 1. The minimum absolute atomic E-state index is 0.0299. The second-order valence-corrected chi connectivity index (χ2v) is 7.31. The predicted molar refractivity (Wildman–Crippen MR) is 110 cm³/mol. The minimum atomic E-state index is -0.0299. The molecule has 1 aliphatic rings. The van der Waals surface area contributed by atoms with E-state index in [0.29, 0.717) is 6.54 Å². The molecule has 144 valence electrons. The molecule has 3 aromatic rings. The van der Waals surface area contributed by atoms with Gasteiger partial charge in [-0.2, -0.15) is 5.10 Å². The average molecular weight is 374 g/mol. The maximum Gasteiger partial charge on any atom is 0.237 e. The van der Waals surface area contributed by atoms with Crippen molar-refractivity contribution in [2.75, 3.05) is 6.54 Å². The van der Waals surface area contributed by atoms with Crippen molar-refractivity contribution in [3.63, 3.8) is 0 Å². The fourth-order valence-corrected chi connectivity index (χ4v) is 3.55. The third-order valence-corrected chi connectivity index (χ3v) is 5.23. The molecule has 1 aromatic heterocycles. The Morgan fingerprint density at radius 1 is 1.04 bits per heavy atom. The van der Waals surface area contributed by atoms with Gasteiger partial charge in [0.15, 0.2) is 0 Å². The van der Waals surface area contributed by atoms with Gasteiger partial charge in [-0.3, -0.25) is 4.79 Å². The second-order valence-electron chi connectivity index (χ2n) is 7.31. The standard InChI is InChI=1S/C23H26N4O/c28-23(22-7-4-14-24-22)25-15-19-10-12-21(13-11-19)27-17-20(16-26-27)9-8-18-5-2-1-3-6-18/h1-3,5-6,10-13,16-17,22,24H,4,7-9,14-15H2,(H,25,28). The summed E-state index contributed by atoms with van der Waals surface area (Å²) in [4.78, 5) is 12.1. The number of carbonyl (C=O) groups is 1. The van der Waals surface area contributed by atoms with Crippen LogP contribution in [-0.4, -0.2) is 28.3 Å². The zero-order valence-corrected chi connectivity index (χ0v) is 16.0. The van der Waals surface area contributed by atoms with Crippen molar-refractivity contribution in [3.8, 4) is 5.69 Å². The smallest absolute Gasteiger partial charge is 0.237 e. The van der Waals surface area contributed by atoms with E-state index in [2.05, 4.69) is 46.2 Å². The second kappa shape index (κ2) is 8.85. The van der Waals surface area contributed by atoms with Crippen molar-refractivity contribution < 1.29 is 4.79 Å². The van der Waals surface area contributed by atoms with Crippen LogP contribution in [0.2, 0.25) is 0 Å². The fourth-order valence-electron chi connectivity index (χ4n) is 3.55. The Labute approximate surface area is 165 Å². The summed E-state index contributed by atoms with van der Waals surface area (Å²) in [5, 5.41) is 10.7. The van der Waals surface area contributed by atoms with Crippen LogP contribution >= 0.6 is 0 Å². The molecule has 0 spiro atoms. The molecular formula is C23H26N4O. The maximum atomic E-state index is 12.1. The lowest BCUT2D eigenvalue weighted by atomic mass is 10.1. The monoisotopic (exact) mass is 374 g/mol. The third-order valence-electron chi connectivity index (χ3n) is 5.23. The van der Waals surface area contributed by atoms with E-state index in [4.69, 9.17) is 0 Å². The Morgan fingerprint density at radius 2 is 1.82 bits per heavy atom. The van der Waals surface area contributed by atoms with Crippen LogP contribution in [0.3, 0.4) is 0 Å². The van der Waals surface area contributed by atoms with Crippen molar-refractivity contribution in [2.45, 2.75) is 38.3 Å².